The molecule has 1 atom stereocenters. The summed E-state index contributed by atoms with van der Waals surface area (Å²) in [5.74, 6) is 0.439. The Bertz CT molecular complexity index is 713. The first-order chi connectivity index (χ1) is 11.1. The first-order valence-electron chi connectivity index (χ1n) is 7.75. The lowest BCUT2D eigenvalue weighted by molar-refractivity contribution is -0.129. The van der Waals surface area contributed by atoms with Gasteiger partial charge in [-0.05, 0) is 25.3 Å². The summed E-state index contributed by atoms with van der Waals surface area (Å²) in [7, 11) is 0. The number of rotatable bonds is 2. The van der Waals surface area contributed by atoms with Crippen LogP contribution in [0.5, 0.6) is 0 Å². The van der Waals surface area contributed by atoms with E-state index < -0.39 is 0 Å². The van der Waals surface area contributed by atoms with E-state index in [9.17, 15) is 9.59 Å². The second-order valence-corrected chi connectivity index (χ2v) is 5.72. The fraction of sp³-hybridized carbons (Fsp3) is 0.467. The van der Waals surface area contributed by atoms with Crippen molar-refractivity contribution >= 4 is 28.9 Å². The maximum absolute atomic E-state index is 12.1. The van der Waals surface area contributed by atoms with Crippen molar-refractivity contribution < 1.29 is 9.59 Å². The van der Waals surface area contributed by atoms with E-state index in [1.807, 2.05) is 0 Å². The van der Waals surface area contributed by atoms with E-state index in [1.165, 1.54) is 6.20 Å². The van der Waals surface area contributed by atoms with Crippen molar-refractivity contribution in [1.82, 2.24) is 25.2 Å². The zero-order valence-electron chi connectivity index (χ0n) is 13.0. The van der Waals surface area contributed by atoms with Crippen LogP contribution in [0.3, 0.4) is 0 Å². The predicted octanol–water partition coefficient (Wildman–Crippen LogP) is 1.48. The summed E-state index contributed by atoms with van der Waals surface area (Å²) in [5.41, 5.74) is 1.37. The average molecular weight is 316 g/mol. The van der Waals surface area contributed by atoms with Gasteiger partial charge < -0.3 is 15.2 Å². The topological polar surface area (TPSA) is 103 Å². The van der Waals surface area contributed by atoms with Gasteiger partial charge in [-0.25, -0.2) is 14.8 Å². The number of likely N-dealkylation sites (tertiary alicyclic amines) is 1. The number of carbonyl (C=O) groups excluding carboxylic acids is 2. The predicted molar refractivity (Wildman–Crippen MR) is 85.9 cm³/mol. The second-order valence-electron chi connectivity index (χ2n) is 5.72. The highest BCUT2D eigenvalue weighted by molar-refractivity contribution is 5.89. The molecule has 0 bridgehead atoms. The SMILES string of the molecule is CC(=O)N1CCCCC(NC(=O)Nc2cnc3[nH]ccc3n2)C1. The van der Waals surface area contributed by atoms with Crippen LogP contribution in [0, 0.1) is 0 Å². The van der Waals surface area contributed by atoms with E-state index in [4.69, 9.17) is 0 Å². The van der Waals surface area contributed by atoms with Gasteiger partial charge in [0.25, 0.3) is 0 Å². The quantitative estimate of drug-likeness (QED) is 0.780. The molecule has 0 saturated carbocycles. The van der Waals surface area contributed by atoms with Gasteiger partial charge in [0.2, 0.25) is 5.91 Å². The standard InChI is InChI=1S/C15H20N6O2/c1-10(22)21-7-3-2-4-11(9-21)18-15(23)20-13-8-17-14-12(19-13)5-6-16-14/h5-6,8,11H,2-4,7,9H2,1H3,(H,16,17)(H2,18,19,20,23). The minimum Gasteiger partial charge on any atom is -0.345 e. The van der Waals surface area contributed by atoms with Crippen molar-refractivity contribution in [3.8, 4) is 0 Å². The monoisotopic (exact) mass is 316 g/mol. The highest BCUT2D eigenvalue weighted by Gasteiger charge is 2.21. The molecule has 0 radical (unpaired) electrons. The molecule has 3 rings (SSSR count). The number of anilines is 1. The zero-order valence-corrected chi connectivity index (χ0v) is 13.0. The largest absolute Gasteiger partial charge is 0.345 e. The van der Waals surface area contributed by atoms with E-state index in [2.05, 4.69) is 25.6 Å². The number of fused-ring (bicyclic) bond motifs is 1. The Balaban J connectivity index is 1.60. The summed E-state index contributed by atoms with van der Waals surface area (Å²) >= 11 is 0. The van der Waals surface area contributed by atoms with Gasteiger partial charge in [0.15, 0.2) is 11.5 Å². The Labute approximate surface area is 133 Å². The fourth-order valence-corrected chi connectivity index (χ4v) is 2.77. The molecular weight excluding hydrogens is 296 g/mol. The third-order valence-electron chi connectivity index (χ3n) is 3.95. The Kier molecular flexibility index (Phi) is 4.40. The number of urea groups is 1. The van der Waals surface area contributed by atoms with Crippen LogP contribution in [0.25, 0.3) is 11.2 Å². The van der Waals surface area contributed by atoms with Crippen molar-refractivity contribution in [3.05, 3.63) is 18.5 Å². The number of amides is 3. The van der Waals surface area contributed by atoms with Gasteiger partial charge in [-0.2, -0.15) is 0 Å². The summed E-state index contributed by atoms with van der Waals surface area (Å²) in [6, 6.07) is 1.41. The van der Waals surface area contributed by atoms with Gasteiger partial charge in [0, 0.05) is 32.3 Å². The van der Waals surface area contributed by atoms with E-state index in [-0.39, 0.29) is 18.0 Å². The molecule has 1 fully saturated rings. The van der Waals surface area contributed by atoms with Crippen LogP contribution in [-0.2, 0) is 4.79 Å². The normalized spacial score (nSPS) is 18.5. The van der Waals surface area contributed by atoms with Crippen molar-refractivity contribution in [2.75, 3.05) is 18.4 Å². The summed E-state index contributed by atoms with van der Waals surface area (Å²) in [5, 5.41) is 5.61. The molecule has 122 valence electrons. The lowest BCUT2D eigenvalue weighted by Crippen LogP contribution is -2.45. The molecule has 1 unspecified atom stereocenters. The number of hydrogen-bond donors (Lipinski definition) is 3. The average Bonchev–Trinajstić information content (AvgIpc) is 2.84. The van der Waals surface area contributed by atoms with Gasteiger partial charge >= 0.3 is 6.03 Å². The molecule has 8 nitrogen and oxygen atoms in total. The van der Waals surface area contributed by atoms with Crippen LogP contribution in [0.4, 0.5) is 10.6 Å². The van der Waals surface area contributed by atoms with Crippen LogP contribution in [0.15, 0.2) is 18.5 Å². The highest BCUT2D eigenvalue weighted by Crippen LogP contribution is 2.12. The third kappa shape index (κ3) is 3.77. The Morgan fingerprint density at radius 2 is 2.26 bits per heavy atom. The number of nitrogens with one attached hydrogen (secondary N) is 3. The molecule has 3 N–H and O–H groups in total. The van der Waals surface area contributed by atoms with Crippen LogP contribution >= 0.6 is 0 Å². The number of aromatic nitrogens is 3. The molecule has 0 aliphatic carbocycles. The molecule has 3 heterocycles. The summed E-state index contributed by atoms with van der Waals surface area (Å²) in [6.07, 6.45) is 6.07. The van der Waals surface area contributed by atoms with Crippen molar-refractivity contribution in [2.24, 2.45) is 0 Å². The number of nitrogens with zero attached hydrogens (tertiary/aromatic N) is 3. The van der Waals surface area contributed by atoms with E-state index in [0.717, 1.165) is 25.8 Å². The molecule has 2 aromatic rings. The molecule has 1 saturated heterocycles. The van der Waals surface area contributed by atoms with Gasteiger partial charge in [-0.15, -0.1) is 0 Å². The molecule has 0 aromatic carbocycles. The molecule has 1 aliphatic heterocycles. The highest BCUT2D eigenvalue weighted by atomic mass is 16.2. The zero-order chi connectivity index (χ0) is 16.2. The number of aromatic amines is 1. The Morgan fingerprint density at radius 1 is 1.39 bits per heavy atom. The number of carbonyl (C=O) groups is 2. The van der Waals surface area contributed by atoms with Crippen LogP contribution in [0.1, 0.15) is 26.2 Å². The minimum atomic E-state index is -0.329. The molecule has 0 spiro atoms. The van der Waals surface area contributed by atoms with Gasteiger partial charge in [0.1, 0.15) is 5.52 Å². The molecular formula is C15H20N6O2. The van der Waals surface area contributed by atoms with E-state index in [0.29, 0.717) is 23.5 Å². The molecule has 8 heteroatoms. The number of H-pyrrole nitrogens is 1. The van der Waals surface area contributed by atoms with Gasteiger partial charge in [-0.3, -0.25) is 10.1 Å². The van der Waals surface area contributed by atoms with Crippen LogP contribution < -0.4 is 10.6 Å². The summed E-state index contributed by atoms with van der Waals surface area (Å²) in [4.78, 5) is 36.9. The van der Waals surface area contributed by atoms with E-state index >= 15 is 0 Å². The Hall–Kier alpha value is -2.64. The maximum atomic E-state index is 12.1. The summed E-state index contributed by atoms with van der Waals surface area (Å²) in [6.45, 7) is 2.86. The third-order valence-corrected chi connectivity index (χ3v) is 3.95. The first-order valence-corrected chi connectivity index (χ1v) is 7.75. The minimum absolute atomic E-state index is 0.0443. The molecule has 1 aliphatic rings. The second kappa shape index (κ2) is 6.64. The fourth-order valence-electron chi connectivity index (χ4n) is 2.77. The summed E-state index contributed by atoms with van der Waals surface area (Å²) < 4.78 is 0. The molecule has 2 aromatic heterocycles. The Morgan fingerprint density at radius 3 is 3.09 bits per heavy atom. The van der Waals surface area contributed by atoms with Crippen molar-refractivity contribution in [3.63, 3.8) is 0 Å². The van der Waals surface area contributed by atoms with Crippen LogP contribution in [-0.4, -0.2) is 50.9 Å². The molecule has 23 heavy (non-hydrogen) atoms. The maximum Gasteiger partial charge on any atom is 0.320 e. The first kappa shape index (κ1) is 15.3. The van der Waals surface area contributed by atoms with Crippen molar-refractivity contribution in [2.45, 2.75) is 32.2 Å². The van der Waals surface area contributed by atoms with Crippen LogP contribution in [0.2, 0.25) is 0 Å². The smallest absolute Gasteiger partial charge is 0.320 e. The molecule has 3 amide bonds. The van der Waals surface area contributed by atoms with Gasteiger partial charge in [-0.1, -0.05) is 0 Å². The van der Waals surface area contributed by atoms with Crippen molar-refractivity contribution in [1.29, 1.82) is 0 Å². The van der Waals surface area contributed by atoms with Gasteiger partial charge in [0.05, 0.1) is 6.20 Å². The lowest BCUT2D eigenvalue weighted by atomic mass is 10.1. The number of hydrogen-bond acceptors (Lipinski definition) is 4. The lowest BCUT2D eigenvalue weighted by Gasteiger charge is -2.24. The van der Waals surface area contributed by atoms with E-state index in [1.54, 1.807) is 24.1 Å².